The Hall–Kier alpha value is -2.11. The van der Waals surface area contributed by atoms with E-state index in [-0.39, 0.29) is 18.1 Å². The van der Waals surface area contributed by atoms with Crippen LogP contribution in [0.1, 0.15) is 29.9 Å². The van der Waals surface area contributed by atoms with Gasteiger partial charge in [0.05, 0.1) is 12.2 Å². The van der Waals surface area contributed by atoms with E-state index in [9.17, 15) is 4.79 Å². The minimum atomic E-state index is -0.124. The summed E-state index contributed by atoms with van der Waals surface area (Å²) < 4.78 is 5.77. The zero-order valence-electron chi connectivity index (χ0n) is 13.6. The van der Waals surface area contributed by atoms with Crippen molar-refractivity contribution in [3.05, 3.63) is 53.9 Å². The molecule has 122 valence electrons. The molecule has 1 aliphatic rings. The van der Waals surface area contributed by atoms with Crippen LogP contribution >= 0.6 is 0 Å². The molecular formula is C18H23N3O2. The predicted octanol–water partition coefficient (Wildman–Crippen LogP) is 2.88. The number of ether oxygens (including phenoxy) is 1. The zero-order valence-corrected chi connectivity index (χ0v) is 13.6. The maximum atomic E-state index is 12.1. The maximum absolute atomic E-state index is 12.1. The topological polar surface area (TPSA) is 57.4 Å². The number of anilines is 1. The molecule has 0 unspecified atom stereocenters. The monoisotopic (exact) mass is 313 g/mol. The van der Waals surface area contributed by atoms with Crippen LogP contribution < -0.4 is 5.32 Å². The fraction of sp³-hybridized carbons (Fsp3) is 0.389. The second-order valence-electron chi connectivity index (χ2n) is 6.19. The summed E-state index contributed by atoms with van der Waals surface area (Å²) in [5.74, 6) is -0.124. The van der Waals surface area contributed by atoms with Crippen molar-refractivity contribution in [3.63, 3.8) is 0 Å². The van der Waals surface area contributed by atoms with Crippen LogP contribution in [0.2, 0.25) is 0 Å². The Morgan fingerprint density at radius 1 is 1.26 bits per heavy atom. The highest BCUT2D eigenvalue weighted by molar-refractivity contribution is 6.02. The third-order valence-corrected chi connectivity index (χ3v) is 3.93. The van der Waals surface area contributed by atoms with E-state index in [1.807, 2.05) is 24.3 Å². The molecular weight excluding hydrogens is 290 g/mol. The van der Waals surface area contributed by atoms with Crippen LogP contribution in [0.4, 0.5) is 5.69 Å². The van der Waals surface area contributed by atoms with Crippen LogP contribution in [0, 0.1) is 0 Å². The number of morpholine rings is 1. The van der Waals surface area contributed by atoms with E-state index in [1.54, 1.807) is 12.3 Å². The lowest BCUT2D eigenvalue weighted by atomic mass is 10.1. The zero-order chi connectivity index (χ0) is 16.2. The lowest BCUT2D eigenvalue weighted by molar-refractivity contribution is -0.0704. The van der Waals surface area contributed by atoms with Crippen LogP contribution in [-0.4, -0.2) is 41.1 Å². The second kappa shape index (κ2) is 6.98. The van der Waals surface area contributed by atoms with Gasteiger partial charge in [-0.25, -0.2) is 0 Å². The third kappa shape index (κ3) is 4.21. The highest BCUT2D eigenvalue weighted by Crippen LogP contribution is 2.17. The van der Waals surface area contributed by atoms with Gasteiger partial charge in [-0.3, -0.25) is 9.69 Å². The van der Waals surface area contributed by atoms with Crippen molar-refractivity contribution in [1.82, 2.24) is 9.88 Å². The molecule has 1 saturated heterocycles. The number of amides is 1. The van der Waals surface area contributed by atoms with Crippen molar-refractivity contribution in [3.8, 4) is 0 Å². The first-order valence-electron chi connectivity index (χ1n) is 8.01. The summed E-state index contributed by atoms with van der Waals surface area (Å²) in [5.41, 5.74) is 2.57. The van der Waals surface area contributed by atoms with Gasteiger partial charge >= 0.3 is 0 Å². The lowest BCUT2D eigenvalue weighted by Crippen LogP contribution is -2.44. The normalized spacial score (nSPS) is 22.0. The molecule has 2 atom stereocenters. The van der Waals surface area contributed by atoms with Crippen LogP contribution in [0.3, 0.4) is 0 Å². The van der Waals surface area contributed by atoms with Crippen molar-refractivity contribution >= 4 is 11.6 Å². The number of rotatable bonds is 4. The third-order valence-electron chi connectivity index (χ3n) is 3.93. The van der Waals surface area contributed by atoms with Crippen molar-refractivity contribution in [2.45, 2.75) is 32.6 Å². The van der Waals surface area contributed by atoms with Crippen LogP contribution in [0.25, 0.3) is 0 Å². The molecule has 5 nitrogen and oxygen atoms in total. The molecule has 0 aliphatic carbocycles. The number of H-pyrrole nitrogens is 1. The Bertz CT molecular complexity index is 644. The number of carbonyl (C=O) groups is 1. The van der Waals surface area contributed by atoms with Gasteiger partial charge in [0, 0.05) is 31.5 Å². The molecule has 2 heterocycles. The molecule has 0 spiro atoms. The van der Waals surface area contributed by atoms with Crippen LogP contribution in [0.15, 0.2) is 42.6 Å². The Kier molecular flexibility index (Phi) is 4.79. The predicted molar refractivity (Wildman–Crippen MR) is 90.5 cm³/mol. The number of aromatic nitrogens is 1. The number of aromatic amines is 1. The molecule has 0 saturated carbocycles. The first-order valence-corrected chi connectivity index (χ1v) is 8.01. The Morgan fingerprint density at radius 2 is 2.04 bits per heavy atom. The van der Waals surface area contributed by atoms with E-state index >= 15 is 0 Å². The van der Waals surface area contributed by atoms with Gasteiger partial charge in [0.1, 0.15) is 5.69 Å². The first-order chi connectivity index (χ1) is 11.1. The summed E-state index contributed by atoms with van der Waals surface area (Å²) >= 11 is 0. The van der Waals surface area contributed by atoms with E-state index in [1.165, 1.54) is 5.56 Å². The summed E-state index contributed by atoms with van der Waals surface area (Å²) in [6, 6.07) is 11.6. The number of carbonyl (C=O) groups excluding carboxylic acids is 1. The molecule has 2 aromatic rings. The standard InChI is InChI=1S/C18H23N3O2/c1-13-10-21(11-14(2)23-13)12-15-5-3-6-16(9-15)20-18(22)17-7-4-8-19-17/h3-9,13-14,19H,10-12H2,1-2H3,(H,20,22)/t13-,14-/m0/s1. The van der Waals surface area contributed by atoms with Crippen LogP contribution in [-0.2, 0) is 11.3 Å². The Balaban J connectivity index is 1.64. The second-order valence-corrected chi connectivity index (χ2v) is 6.19. The van der Waals surface area contributed by atoms with Gasteiger partial charge in [0.25, 0.3) is 5.91 Å². The molecule has 5 heteroatoms. The van der Waals surface area contributed by atoms with E-state index in [4.69, 9.17) is 4.74 Å². The molecule has 1 aromatic carbocycles. The molecule has 1 aliphatic heterocycles. The van der Waals surface area contributed by atoms with Crippen molar-refractivity contribution in [1.29, 1.82) is 0 Å². The molecule has 0 bridgehead atoms. The fourth-order valence-corrected chi connectivity index (χ4v) is 3.09. The SMILES string of the molecule is C[C@H]1CN(Cc2cccc(NC(=O)c3ccc[nH]3)c2)C[C@H](C)O1. The lowest BCUT2D eigenvalue weighted by Gasteiger charge is -2.35. The Labute approximate surface area is 136 Å². The van der Waals surface area contributed by atoms with Gasteiger partial charge in [0.15, 0.2) is 0 Å². The Morgan fingerprint density at radius 3 is 2.74 bits per heavy atom. The average molecular weight is 313 g/mol. The molecule has 3 rings (SSSR count). The largest absolute Gasteiger partial charge is 0.373 e. The molecule has 1 amide bonds. The highest BCUT2D eigenvalue weighted by Gasteiger charge is 2.22. The van der Waals surface area contributed by atoms with Gasteiger partial charge in [-0.1, -0.05) is 12.1 Å². The first kappa shape index (κ1) is 15.8. The number of nitrogens with zero attached hydrogens (tertiary/aromatic N) is 1. The van der Waals surface area contributed by atoms with Crippen LogP contribution in [0.5, 0.6) is 0 Å². The molecule has 1 aromatic heterocycles. The minimum Gasteiger partial charge on any atom is -0.373 e. The van der Waals surface area contributed by atoms with Gasteiger partial charge in [-0.15, -0.1) is 0 Å². The van der Waals surface area contributed by atoms with Crippen molar-refractivity contribution in [2.75, 3.05) is 18.4 Å². The smallest absolute Gasteiger partial charge is 0.272 e. The quantitative estimate of drug-likeness (QED) is 0.912. The summed E-state index contributed by atoms with van der Waals surface area (Å²) in [6.45, 7) is 6.95. The van der Waals surface area contributed by atoms with E-state index in [0.717, 1.165) is 25.3 Å². The summed E-state index contributed by atoms with van der Waals surface area (Å²) in [4.78, 5) is 17.4. The fourth-order valence-electron chi connectivity index (χ4n) is 3.09. The molecule has 0 radical (unpaired) electrons. The average Bonchev–Trinajstić information content (AvgIpc) is 3.00. The van der Waals surface area contributed by atoms with Crippen molar-refractivity contribution < 1.29 is 9.53 Å². The minimum absolute atomic E-state index is 0.124. The summed E-state index contributed by atoms with van der Waals surface area (Å²) in [5, 5.41) is 2.93. The number of benzene rings is 1. The van der Waals surface area contributed by atoms with Gasteiger partial charge in [-0.2, -0.15) is 0 Å². The maximum Gasteiger partial charge on any atom is 0.272 e. The number of hydrogen-bond donors (Lipinski definition) is 2. The number of nitrogens with one attached hydrogen (secondary N) is 2. The number of hydrogen-bond acceptors (Lipinski definition) is 3. The van der Waals surface area contributed by atoms with E-state index < -0.39 is 0 Å². The van der Waals surface area contributed by atoms with E-state index in [0.29, 0.717) is 5.69 Å². The molecule has 23 heavy (non-hydrogen) atoms. The van der Waals surface area contributed by atoms with Gasteiger partial charge in [0.2, 0.25) is 0 Å². The van der Waals surface area contributed by atoms with Gasteiger partial charge in [-0.05, 0) is 43.7 Å². The highest BCUT2D eigenvalue weighted by atomic mass is 16.5. The van der Waals surface area contributed by atoms with E-state index in [2.05, 4.69) is 35.1 Å². The van der Waals surface area contributed by atoms with Crippen molar-refractivity contribution in [2.24, 2.45) is 0 Å². The summed E-state index contributed by atoms with van der Waals surface area (Å²) in [6.07, 6.45) is 2.26. The molecule has 1 fully saturated rings. The molecule has 2 N–H and O–H groups in total. The summed E-state index contributed by atoms with van der Waals surface area (Å²) in [7, 11) is 0. The van der Waals surface area contributed by atoms with Gasteiger partial charge < -0.3 is 15.0 Å².